The monoisotopic (exact) mass is 483 g/mol. The molecule has 0 spiro atoms. The number of anilines is 3. The number of aromatic nitrogens is 1. The lowest BCUT2D eigenvalue weighted by molar-refractivity contribution is 0.566. The quantitative estimate of drug-likeness (QED) is 0.462. The van der Waals surface area contributed by atoms with Gasteiger partial charge in [0.1, 0.15) is 0 Å². The molecule has 1 fully saturated rings. The molecule has 3 heterocycles. The third-order valence-electron chi connectivity index (χ3n) is 7.32. The highest BCUT2D eigenvalue weighted by molar-refractivity contribution is 7.80. The number of hydrogen-bond acceptors (Lipinski definition) is 4. The summed E-state index contributed by atoms with van der Waals surface area (Å²) in [4.78, 5) is 11.4. The number of pyridine rings is 1. The summed E-state index contributed by atoms with van der Waals surface area (Å²) in [5.41, 5.74) is 8.22. The molecule has 2 aliphatic rings. The fourth-order valence-electron chi connectivity index (χ4n) is 5.24. The van der Waals surface area contributed by atoms with Crippen LogP contribution in [0.25, 0.3) is 5.57 Å². The van der Waals surface area contributed by atoms with Crippen LogP contribution in [0.3, 0.4) is 0 Å². The van der Waals surface area contributed by atoms with Gasteiger partial charge in [0, 0.05) is 50.0 Å². The summed E-state index contributed by atoms with van der Waals surface area (Å²) in [6.45, 7) is 6.72. The van der Waals surface area contributed by atoms with E-state index in [4.69, 9.17) is 17.2 Å². The predicted molar refractivity (Wildman–Crippen MR) is 151 cm³/mol. The normalized spacial score (nSPS) is 20.9. The van der Waals surface area contributed by atoms with Crippen LogP contribution in [0.15, 0.2) is 72.9 Å². The van der Waals surface area contributed by atoms with Crippen molar-refractivity contribution < 1.29 is 0 Å². The maximum atomic E-state index is 5.91. The van der Waals surface area contributed by atoms with Gasteiger partial charge in [-0.1, -0.05) is 18.2 Å². The number of benzene rings is 2. The van der Waals surface area contributed by atoms with Crippen molar-refractivity contribution >= 4 is 40.0 Å². The zero-order valence-corrected chi connectivity index (χ0v) is 22.1. The minimum atomic E-state index is -0.0580. The van der Waals surface area contributed by atoms with Gasteiger partial charge in [-0.15, -0.1) is 0 Å². The third kappa shape index (κ3) is 4.06. The van der Waals surface area contributed by atoms with Crippen LogP contribution in [0.4, 0.5) is 17.1 Å². The number of rotatable bonds is 4. The molecule has 5 nitrogen and oxygen atoms in total. The predicted octanol–water partition coefficient (Wildman–Crippen LogP) is 5.96. The zero-order valence-electron chi connectivity index (χ0n) is 21.3. The van der Waals surface area contributed by atoms with E-state index in [-0.39, 0.29) is 17.6 Å². The van der Waals surface area contributed by atoms with Crippen molar-refractivity contribution in [3.8, 4) is 0 Å². The van der Waals surface area contributed by atoms with E-state index in [0.29, 0.717) is 5.11 Å². The number of hydrogen-bond donors (Lipinski definition) is 1. The Hall–Kier alpha value is -3.38. The molecule has 180 valence electrons. The Kier molecular flexibility index (Phi) is 5.80. The minimum Gasteiger partial charge on any atom is -0.378 e. The first-order valence-electron chi connectivity index (χ1n) is 12.0. The second kappa shape index (κ2) is 8.68. The Labute approximate surface area is 214 Å². The number of fused-ring (bicyclic) bond motifs is 1. The summed E-state index contributed by atoms with van der Waals surface area (Å²) in [5.74, 6) is 0. The van der Waals surface area contributed by atoms with Crippen LogP contribution < -0.4 is 20.0 Å². The molecule has 35 heavy (non-hydrogen) atoms. The molecule has 5 rings (SSSR count). The van der Waals surface area contributed by atoms with Gasteiger partial charge in [0.15, 0.2) is 5.11 Å². The van der Waals surface area contributed by atoms with Crippen LogP contribution in [0.5, 0.6) is 0 Å². The molecular weight excluding hydrogens is 450 g/mol. The van der Waals surface area contributed by atoms with Gasteiger partial charge in [0.2, 0.25) is 0 Å². The van der Waals surface area contributed by atoms with E-state index in [9.17, 15) is 0 Å². The molecule has 0 amide bonds. The van der Waals surface area contributed by atoms with Gasteiger partial charge in [0.25, 0.3) is 0 Å². The Balaban J connectivity index is 1.63. The first-order chi connectivity index (χ1) is 16.7. The van der Waals surface area contributed by atoms with E-state index in [1.165, 1.54) is 22.4 Å². The van der Waals surface area contributed by atoms with E-state index >= 15 is 0 Å². The molecule has 3 aromatic rings. The van der Waals surface area contributed by atoms with Crippen molar-refractivity contribution in [1.82, 2.24) is 10.3 Å². The second-order valence-corrected chi connectivity index (χ2v) is 10.6. The molecule has 2 atom stereocenters. The number of allylic oxidation sites excluding steroid dienone is 1. The van der Waals surface area contributed by atoms with Crippen molar-refractivity contribution in [1.29, 1.82) is 0 Å². The van der Waals surface area contributed by atoms with E-state index in [0.717, 1.165) is 17.1 Å². The topological polar surface area (TPSA) is 34.6 Å². The van der Waals surface area contributed by atoms with Crippen molar-refractivity contribution in [2.45, 2.75) is 38.4 Å². The number of nitrogens with zero attached hydrogens (tertiary/aromatic N) is 4. The SMILES string of the molecule is CC1=CC(C)(C)N(C)c2ccc([C@H]3[C@H](c4ccccn4)NC(=S)N3c3ccc(N(C)C)cc3)cc21. The largest absolute Gasteiger partial charge is 0.378 e. The summed E-state index contributed by atoms with van der Waals surface area (Å²) in [6, 6.07) is 21.4. The first-order valence-corrected chi connectivity index (χ1v) is 12.4. The van der Waals surface area contributed by atoms with Gasteiger partial charge in [-0.3, -0.25) is 4.98 Å². The molecule has 2 aliphatic heterocycles. The molecule has 0 saturated carbocycles. The van der Waals surface area contributed by atoms with E-state index in [2.05, 4.69) is 117 Å². The Bertz CT molecular complexity index is 1280. The Morgan fingerprint density at radius 3 is 2.43 bits per heavy atom. The van der Waals surface area contributed by atoms with Crippen LogP contribution in [0.2, 0.25) is 0 Å². The minimum absolute atomic E-state index is 0.0220. The molecule has 1 saturated heterocycles. The molecule has 1 N–H and O–H groups in total. The summed E-state index contributed by atoms with van der Waals surface area (Å²) in [7, 11) is 6.28. The fraction of sp³-hybridized carbons (Fsp3) is 0.310. The summed E-state index contributed by atoms with van der Waals surface area (Å²) in [5, 5.41) is 4.29. The molecule has 0 aliphatic carbocycles. The van der Waals surface area contributed by atoms with Gasteiger partial charge >= 0.3 is 0 Å². The lowest BCUT2D eigenvalue weighted by Crippen LogP contribution is -2.42. The number of thiocarbonyl (C=S) groups is 1. The van der Waals surface area contributed by atoms with Crippen molar-refractivity contribution in [2.24, 2.45) is 0 Å². The summed E-state index contributed by atoms with van der Waals surface area (Å²) < 4.78 is 0. The molecule has 2 aromatic carbocycles. The Morgan fingerprint density at radius 2 is 1.77 bits per heavy atom. The van der Waals surface area contributed by atoms with Gasteiger partial charge in [-0.25, -0.2) is 0 Å². The number of likely N-dealkylation sites (N-methyl/N-ethyl adjacent to an activating group) is 1. The van der Waals surface area contributed by atoms with Crippen molar-refractivity contribution in [3.63, 3.8) is 0 Å². The second-order valence-electron chi connectivity index (χ2n) is 10.2. The molecule has 0 radical (unpaired) electrons. The lowest BCUT2D eigenvalue weighted by Gasteiger charge is -2.41. The molecule has 1 aromatic heterocycles. The average molecular weight is 484 g/mol. The highest BCUT2D eigenvalue weighted by Crippen LogP contribution is 2.45. The van der Waals surface area contributed by atoms with E-state index < -0.39 is 0 Å². The molecule has 6 heteroatoms. The van der Waals surface area contributed by atoms with Gasteiger partial charge in [-0.2, -0.15) is 0 Å². The third-order valence-corrected chi connectivity index (χ3v) is 7.64. The fourth-order valence-corrected chi connectivity index (χ4v) is 5.59. The van der Waals surface area contributed by atoms with Gasteiger partial charge in [-0.05, 0) is 92.7 Å². The molecule has 0 bridgehead atoms. The van der Waals surface area contributed by atoms with Crippen LogP contribution in [-0.4, -0.2) is 36.8 Å². The first kappa shape index (κ1) is 23.4. The maximum Gasteiger partial charge on any atom is 0.174 e. The standard InChI is InChI=1S/C29H33N5S/c1-19-18-29(2,3)33(6)25-15-10-20(17-23(19)25)27-26(24-9-7-8-16-30-24)31-28(35)34(27)22-13-11-21(12-14-22)32(4)5/h7-18,26-27H,1-6H3,(H,31,35)/t26-,27-/m0/s1. The highest BCUT2D eigenvalue weighted by atomic mass is 32.1. The van der Waals surface area contributed by atoms with Crippen molar-refractivity contribution in [3.05, 3.63) is 89.8 Å². The number of nitrogens with one attached hydrogen (secondary N) is 1. The summed E-state index contributed by atoms with van der Waals surface area (Å²) in [6.07, 6.45) is 4.20. The highest BCUT2D eigenvalue weighted by Gasteiger charge is 2.41. The Morgan fingerprint density at radius 1 is 1.03 bits per heavy atom. The van der Waals surface area contributed by atoms with E-state index in [1.54, 1.807) is 0 Å². The van der Waals surface area contributed by atoms with Crippen LogP contribution in [0, 0.1) is 0 Å². The van der Waals surface area contributed by atoms with Crippen LogP contribution >= 0.6 is 12.2 Å². The summed E-state index contributed by atoms with van der Waals surface area (Å²) >= 11 is 5.91. The lowest BCUT2D eigenvalue weighted by atomic mass is 9.86. The average Bonchev–Trinajstić information content (AvgIpc) is 3.19. The zero-order chi connectivity index (χ0) is 24.9. The maximum absolute atomic E-state index is 5.91. The molecule has 0 unspecified atom stereocenters. The van der Waals surface area contributed by atoms with Crippen LogP contribution in [0.1, 0.15) is 49.7 Å². The smallest absolute Gasteiger partial charge is 0.174 e. The van der Waals surface area contributed by atoms with Gasteiger partial charge < -0.3 is 20.0 Å². The van der Waals surface area contributed by atoms with Gasteiger partial charge in [0.05, 0.1) is 23.3 Å². The molecular formula is C29H33N5S. The van der Waals surface area contributed by atoms with Crippen molar-refractivity contribution in [2.75, 3.05) is 35.8 Å². The van der Waals surface area contributed by atoms with E-state index in [1.807, 2.05) is 18.3 Å². The van der Waals surface area contributed by atoms with Crippen LogP contribution in [-0.2, 0) is 0 Å².